The van der Waals surface area contributed by atoms with Gasteiger partial charge in [0.25, 0.3) is 0 Å². The minimum Gasteiger partial charge on any atom is -0.481 e. The molecule has 1 rings (SSSR count). The van der Waals surface area contributed by atoms with Crippen LogP contribution in [0.25, 0.3) is 0 Å². The predicted molar refractivity (Wildman–Crippen MR) is 64.6 cm³/mol. The van der Waals surface area contributed by atoms with E-state index in [1.165, 1.54) is 5.56 Å². The lowest BCUT2D eigenvalue weighted by Crippen LogP contribution is -2.18. The molecular weight excluding hydrogens is 202 g/mol. The number of hydrogen-bond donors (Lipinski definition) is 2. The van der Waals surface area contributed by atoms with Crippen LogP contribution < -0.4 is 5.73 Å². The van der Waals surface area contributed by atoms with Gasteiger partial charge in [-0.25, -0.2) is 0 Å². The molecule has 0 heterocycles. The Hall–Kier alpha value is -1.35. The first kappa shape index (κ1) is 12.7. The molecule has 0 saturated heterocycles. The van der Waals surface area contributed by atoms with Gasteiger partial charge in [-0.2, -0.15) is 0 Å². The van der Waals surface area contributed by atoms with Crippen molar-refractivity contribution in [3.8, 4) is 0 Å². The van der Waals surface area contributed by atoms with Gasteiger partial charge in [0.05, 0.1) is 6.42 Å². The Morgan fingerprint density at radius 1 is 1.31 bits per heavy atom. The van der Waals surface area contributed by atoms with E-state index in [1.54, 1.807) is 0 Å². The van der Waals surface area contributed by atoms with Gasteiger partial charge in [0.15, 0.2) is 0 Å². The summed E-state index contributed by atoms with van der Waals surface area (Å²) in [7, 11) is 0. The van der Waals surface area contributed by atoms with E-state index in [-0.39, 0.29) is 12.3 Å². The summed E-state index contributed by atoms with van der Waals surface area (Å²) in [6.07, 6.45) is 0.0975. The predicted octanol–water partition coefficient (Wildman–Crippen LogP) is 2.33. The number of benzene rings is 1. The minimum atomic E-state index is -0.797. The lowest BCUT2D eigenvalue weighted by Gasteiger charge is -2.19. The Labute approximate surface area is 96.3 Å². The van der Waals surface area contributed by atoms with Crippen LogP contribution >= 0.6 is 0 Å². The highest BCUT2D eigenvalue weighted by Gasteiger charge is 2.17. The van der Waals surface area contributed by atoms with E-state index in [1.807, 2.05) is 24.3 Å². The maximum absolute atomic E-state index is 10.8. The van der Waals surface area contributed by atoms with Crippen molar-refractivity contribution in [3.05, 3.63) is 35.4 Å². The average Bonchev–Trinajstić information content (AvgIpc) is 2.25. The molecule has 0 bridgehead atoms. The van der Waals surface area contributed by atoms with E-state index in [2.05, 4.69) is 13.8 Å². The van der Waals surface area contributed by atoms with Crippen molar-refractivity contribution >= 4 is 5.97 Å². The smallest absolute Gasteiger partial charge is 0.304 e. The van der Waals surface area contributed by atoms with Gasteiger partial charge in [0.1, 0.15) is 0 Å². The van der Waals surface area contributed by atoms with Crippen LogP contribution in [0.4, 0.5) is 0 Å². The Balaban J connectivity index is 3.03. The van der Waals surface area contributed by atoms with Gasteiger partial charge in [-0.05, 0) is 23.6 Å². The Morgan fingerprint density at radius 3 is 2.31 bits per heavy atom. The molecule has 1 atom stereocenters. The van der Waals surface area contributed by atoms with Gasteiger partial charge in [0, 0.05) is 5.92 Å². The maximum atomic E-state index is 10.8. The van der Waals surface area contributed by atoms with Crippen LogP contribution in [0.2, 0.25) is 0 Å². The molecule has 1 aromatic carbocycles. The summed E-state index contributed by atoms with van der Waals surface area (Å²) in [4.78, 5) is 10.8. The molecule has 0 aliphatic rings. The van der Waals surface area contributed by atoms with Crippen LogP contribution in [-0.4, -0.2) is 17.6 Å². The first-order valence-electron chi connectivity index (χ1n) is 5.57. The lowest BCUT2D eigenvalue weighted by atomic mass is 9.87. The summed E-state index contributed by atoms with van der Waals surface area (Å²) in [6, 6.07) is 7.94. The summed E-state index contributed by atoms with van der Waals surface area (Å²) >= 11 is 0. The zero-order valence-electron chi connectivity index (χ0n) is 9.81. The molecule has 0 aromatic heterocycles. The van der Waals surface area contributed by atoms with Crippen molar-refractivity contribution in [2.45, 2.75) is 32.1 Å². The normalized spacial score (nSPS) is 12.8. The van der Waals surface area contributed by atoms with Crippen LogP contribution in [0.15, 0.2) is 24.3 Å². The highest BCUT2D eigenvalue weighted by atomic mass is 16.4. The maximum Gasteiger partial charge on any atom is 0.304 e. The second-order valence-corrected chi connectivity index (χ2v) is 4.31. The third-order valence-electron chi connectivity index (χ3n) is 2.76. The van der Waals surface area contributed by atoms with E-state index in [0.29, 0.717) is 12.5 Å². The van der Waals surface area contributed by atoms with Gasteiger partial charge in [0.2, 0.25) is 0 Å². The molecule has 0 spiro atoms. The molecular formula is C13H19NO2. The van der Waals surface area contributed by atoms with Crippen LogP contribution in [0.3, 0.4) is 0 Å². The van der Waals surface area contributed by atoms with E-state index >= 15 is 0 Å². The van der Waals surface area contributed by atoms with Gasteiger partial charge in [-0.1, -0.05) is 38.1 Å². The molecule has 88 valence electrons. The summed E-state index contributed by atoms with van der Waals surface area (Å²) in [5, 5.41) is 8.85. The first-order valence-corrected chi connectivity index (χ1v) is 5.57. The molecule has 0 radical (unpaired) electrons. The summed E-state index contributed by atoms with van der Waals surface area (Å²) < 4.78 is 0. The Bertz CT molecular complexity index is 361. The van der Waals surface area contributed by atoms with Gasteiger partial charge >= 0.3 is 5.97 Å². The number of carboxylic acid groups (broad SMARTS) is 1. The van der Waals surface area contributed by atoms with Gasteiger partial charge in [-0.15, -0.1) is 0 Å². The SMILES string of the molecule is CC(C)c1ccccc1C(CN)CC(=O)O. The molecule has 0 saturated carbocycles. The molecule has 0 aliphatic carbocycles. The molecule has 0 aliphatic heterocycles. The number of aliphatic carboxylic acids is 1. The molecule has 3 nitrogen and oxygen atoms in total. The van der Waals surface area contributed by atoms with E-state index in [0.717, 1.165) is 5.56 Å². The van der Waals surface area contributed by atoms with Crippen molar-refractivity contribution in [1.29, 1.82) is 0 Å². The molecule has 3 N–H and O–H groups in total. The van der Waals surface area contributed by atoms with Crippen molar-refractivity contribution < 1.29 is 9.90 Å². The lowest BCUT2D eigenvalue weighted by molar-refractivity contribution is -0.137. The zero-order chi connectivity index (χ0) is 12.1. The monoisotopic (exact) mass is 221 g/mol. The van der Waals surface area contributed by atoms with Crippen LogP contribution in [0, 0.1) is 0 Å². The Morgan fingerprint density at radius 2 is 1.88 bits per heavy atom. The second-order valence-electron chi connectivity index (χ2n) is 4.31. The minimum absolute atomic E-state index is 0.0869. The fraction of sp³-hybridized carbons (Fsp3) is 0.462. The standard InChI is InChI=1S/C13H19NO2/c1-9(2)11-5-3-4-6-12(11)10(8-14)7-13(15)16/h3-6,9-10H,7-8,14H2,1-2H3,(H,15,16). The van der Waals surface area contributed by atoms with E-state index < -0.39 is 5.97 Å². The molecule has 0 fully saturated rings. The molecule has 0 amide bonds. The topological polar surface area (TPSA) is 63.3 Å². The molecule has 1 aromatic rings. The summed E-state index contributed by atoms with van der Waals surface area (Å²) in [5.74, 6) is -0.496. The van der Waals surface area contributed by atoms with Gasteiger partial charge < -0.3 is 10.8 Å². The number of carboxylic acids is 1. The quantitative estimate of drug-likeness (QED) is 0.802. The number of carbonyl (C=O) groups is 1. The Kier molecular flexibility index (Phi) is 4.50. The van der Waals surface area contributed by atoms with Crippen molar-refractivity contribution in [2.75, 3.05) is 6.54 Å². The highest BCUT2D eigenvalue weighted by molar-refractivity contribution is 5.68. The zero-order valence-corrected chi connectivity index (χ0v) is 9.81. The van der Waals surface area contributed by atoms with Crippen LogP contribution in [-0.2, 0) is 4.79 Å². The third kappa shape index (κ3) is 3.07. The van der Waals surface area contributed by atoms with E-state index in [9.17, 15) is 4.79 Å². The second kappa shape index (κ2) is 5.66. The van der Waals surface area contributed by atoms with Crippen molar-refractivity contribution in [2.24, 2.45) is 5.73 Å². The number of hydrogen-bond acceptors (Lipinski definition) is 2. The summed E-state index contributed by atoms with van der Waals surface area (Å²) in [5.41, 5.74) is 7.92. The van der Waals surface area contributed by atoms with Crippen LogP contribution in [0.1, 0.15) is 43.2 Å². The average molecular weight is 221 g/mol. The third-order valence-corrected chi connectivity index (χ3v) is 2.76. The number of nitrogens with two attached hydrogens (primary N) is 1. The van der Waals surface area contributed by atoms with Crippen molar-refractivity contribution in [3.63, 3.8) is 0 Å². The van der Waals surface area contributed by atoms with Gasteiger partial charge in [-0.3, -0.25) is 4.79 Å². The highest BCUT2D eigenvalue weighted by Crippen LogP contribution is 2.27. The number of rotatable bonds is 5. The molecule has 1 unspecified atom stereocenters. The largest absolute Gasteiger partial charge is 0.481 e. The van der Waals surface area contributed by atoms with E-state index in [4.69, 9.17) is 10.8 Å². The first-order chi connectivity index (χ1) is 7.56. The molecule has 3 heteroatoms. The molecule has 16 heavy (non-hydrogen) atoms. The summed E-state index contributed by atoms with van der Waals surface area (Å²) in [6.45, 7) is 4.58. The fourth-order valence-electron chi connectivity index (χ4n) is 1.94. The fourth-order valence-corrected chi connectivity index (χ4v) is 1.94. The van der Waals surface area contributed by atoms with Crippen LogP contribution in [0.5, 0.6) is 0 Å². The van der Waals surface area contributed by atoms with Crippen molar-refractivity contribution in [1.82, 2.24) is 0 Å².